The lowest BCUT2D eigenvalue weighted by molar-refractivity contribution is 0.481. The van der Waals surface area contributed by atoms with E-state index in [0.717, 1.165) is 0 Å². The molecular weight excluding hydrogens is 404 g/mol. The highest BCUT2D eigenvalue weighted by Gasteiger charge is 2.14. The smallest absolute Gasteiger partial charge is 0.282 e. The van der Waals surface area contributed by atoms with Gasteiger partial charge in [-0.2, -0.15) is 16.8 Å². The summed E-state index contributed by atoms with van der Waals surface area (Å²) in [6.45, 7) is 6.70. The van der Waals surface area contributed by atoms with Gasteiger partial charge in [0.1, 0.15) is 0 Å². The van der Waals surface area contributed by atoms with Crippen LogP contribution in [0.1, 0.15) is 22.3 Å². The number of hydrogen-bond acceptors (Lipinski definition) is 6. The van der Waals surface area contributed by atoms with Gasteiger partial charge in [-0.3, -0.25) is 19.1 Å². The molecule has 2 aromatic carbocycles. The molecule has 0 spiro atoms. The average Bonchev–Trinajstić information content (AvgIpc) is 2.53. The van der Waals surface area contributed by atoms with Gasteiger partial charge in [-0.15, -0.1) is 0 Å². The molecule has 28 heavy (non-hydrogen) atoms. The second kappa shape index (κ2) is 7.92. The molecule has 0 bridgehead atoms. The molecule has 0 fully saturated rings. The fraction of sp³-hybridized carbons (Fsp3) is 0.222. The summed E-state index contributed by atoms with van der Waals surface area (Å²) in [5.74, 6) is 0. The van der Waals surface area contributed by atoms with Crippen LogP contribution in [0.3, 0.4) is 0 Å². The van der Waals surface area contributed by atoms with Crippen LogP contribution in [0.5, 0.6) is 0 Å². The average molecular weight is 425 g/mol. The second-order valence-electron chi connectivity index (χ2n) is 6.32. The van der Waals surface area contributed by atoms with Gasteiger partial charge in [0.15, 0.2) is 0 Å². The predicted molar refractivity (Wildman–Crippen MR) is 108 cm³/mol. The molecule has 0 amide bonds. The molecule has 0 heterocycles. The molecule has 150 valence electrons. The quantitative estimate of drug-likeness (QED) is 0.557. The van der Waals surface area contributed by atoms with Crippen LogP contribution in [0.2, 0.25) is 0 Å². The molecule has 10 heteroatoms. The minimum absolute atomic E-state index is 0.194. The zero-order valence-corrected chi connectivity index (χ0v) is 17.3. The number of aryl methyl sites for hydroxylation is 4. The maximum absolute atomic E-state index is 11.3. The molecule has 0 saturated carbocycles. The summed E-state index contributed by atoms with van der Waals surface area (Å²) < 4.78 is 63.3. The van der Waals surface area contributed by atoms with Crippen LogP contribution in [0.25, 0.3) is 0 Å². The van der Waals surface area contributed by atoms with Crippen molar-refractivity contribution in [1.82, 2.24) is 0 Å². The van der Waals surface area contributed by atoms with Gasteiger partial charge in [-0.05, 0) is 74.2 Å². The summed E-state index contributed by atoms with van der Waals surface area (Å²) in [6, 6.07) is 5.31. The first-order chi connectivity index (χ1) is 12.8. The predicted octanol–water partition coefficient (Wildman–Crippen LogP) is 3.52. The van der Waals surface area contributed by atoms with Crippen LogP contribution >= 0.6 is 0 Å². The molecule has 2 N–H and O–H groups in total. The van der Waals surface area contributed by atoms with Crippen molar-refractivity contribution >= 4 is 44.0 Å². The van der Waals surface area contributed by atoms with E-state index in [9.17, 15) is 16.8 Å². The van der Waals surface area contributed by atoms with Crippen molar-refractivity contribution in [3.63, 3.8) is 0 Å². The Morgan fingerprint density at radius 2 is 0.893 bits per heavy atom. The first-order valence-corrected chi connectivity index (χ1v) is 10.9. The van der Waals surface area contributed by atoms with Crippen molar-refractivity contribution in [2.75, 3.05) is 0 Å². The Bertz CT molecular complexity index is 1060. The standard InChI is InChI=1S/C18H20N2O6S2/c1-11-7-15(27(21,22)23)8-12(2)17(11)19-5-6-20-18-13(3)9-16(10-14(18)4)28(24,25)26/h5-10H,1-4H3,(H,21,22,23)(H,24,25,26). The Kier molecular flexibility index (Phi) is 6.19. The van der Waals surface area contributed by atoms with Gasteiger partial charge in [0.2, 0.25) is 0 Å². The Morgan fingerprint density at radius 3 is 1.11 bits per heavy atom. The first-order valence-electron chi connectivity index (χ1n) is 8.05. The molecular formula is C18H20N2O6S2. The molecule has 0 aromatic heterocycles. The zero-order valence-electron chi connectivity index (χ0n) is 15.7. The van der Waals surface area contributed by atoms with E-state index < -0.39 is 20.2 Å². The van der Waals surface area contributed by atoms with Gasteiger partial charge in [0.25, 0.3) is 20.2 Å². The molecule has 0 unspecified atom stereocenters. The van der Waals surface area contributed by atoms with Crippen LogP contribution in [0.15, 0.2) is 44.0 Å². The molecule has 0 aliphatic carbocycles. The fourth-order valence-corrected chi connectivity index (χ4v) is 4.06. The Balaban J connectivity index is 2.32. The lowest BCUT2D eigenvalue weighted by atomic mass is 10.1. The number of benzene rings is 2. The largest absolute Gasteiger partial charge is 0.294 e. The van der Waals surface area contributed by atoms with Crippen molar-refractivity contribution in [2.24, 2.45) is 9.98 Å². The number of aliphatic imine (C=N–C) groups is 2. The summed E-state index contributed by atoms with van der Waals surface area (Å²) in [7, 11) is -8.58. The van der Waals surface area contributed by atoms with Crippen molar-refractivity contribution in [1.29, 1.82) is 0 Å². The van der Waals surface area contributed by atoms with Gasteiger partial charge in [-0.1, -0.05) is 0 Å². The molecule has 2 aromatic rings. The Hall–Kier alpha value is -2.40. The van der Waals surface area contributed by atoms with E-state index in [4.69, 9.17) is 9.11 Å². The van der Waals surface area contributed by atoms with E-state index in [1.807, 2.05) is 0 Å². The highest BCUT2D eigenvalue weighted by molar-refractivity contribution is 7.86. The second-order valence-corrected chi connectivity index (χ2v) is 9.16. The third kappa shape index (κ3) is 5.10. The highest BCUT2D eigenvalue weighted by Crippen LogP contribution is 2.28. The van der Waals surface area contributed by atoms with E-state index >= 15 is 0 Å². The summed E-state index contributed by atoms with van der Waals surface area (Å²) in [5, 5.41) is 0. The fourth-order valence-electron chi connectivity index (χ4n) is 2.75. The highest BCUT2D eigenvalue weighted by atomic mass is 32.2. The zero-order chi connectivity index (χ0) is 21.3. The van der Waals surface area contributed by atoms with E-state index in [0.29, 0.717) is 33.6 Å². The maximum atomic E-state index is 11.3. The van der Waals surface area contributed by atoms with Gasteiger partial charge < -0.3 is 0 Å². The summed E-state index contributed by atoms with van der Waals surface area (Å²) >= 11 is 0. The lowest BCUT2D eigenvalue weighted by Crippen LogP contribution is -1.99. The van der Waals surface area contributed by atoms with Crippen LogP contribution in [0.4, 0.5) is 11.4 Å². The van der Waals surface area contributed by atoms with Gasteiger partial charge >= 0.3 is 0 Å². The van der Waals surface area contributed by atoms with E-state index in [-0.39, 0.29) is 9.79 Å². The van der Waals surface area contributed by atoms with Crippen LogP contribution in [0, 0.1) is 27.7 Å². The van der Waals surface area contributed by atoms with Crippen LogP contribution in [-0.4, -0.2) is 38.4 Å². The number of hydrogen-bond donors (Lipinski definition) is 2. The summed E-state index contributed by atoms with van der Waals surface area (Å²) in [5.41, 5.74) is 3.39. The Labute approximate surface area is 164 Å². The molecule has 8 nitrogen and oxygen atoms in total. The molecule has 0 saturated heterocycles. The minimum atomic E-state index is -4.29. The van der Waals surface area contributed by atoms with E-state index in [1.54, 1.807) is 27.7 Å². The van der Waals surface area contributed by atoms with Crippen LogP contribution in [-0.2, 0) is 20.2 Å². The maximum Gasteiger partial charge on any atom is 0.294 e. The van der Waals surface area contributed by atoms with Crippen LogP contribution < -0.4 is 0 Å². The topological polar surface area (TPSA) is 133 Å². The molecule has 0 radical (unpaired) electrons. The number of rotatable bonds is 5. The van der Waals surface area contributed by atoms with Crippen molar-refractivity contribution in [3.05, 3.63) is 46.5 Å². The molecule has 0 atom stereocenters. The number of nitrogens with zero attached hydrogens (tertiary/aromatic N) is 2. The Morgan fingerprint density at radius 1 is 0.643 bits per heavy atom. The monoisotopic (exact) mass is 424 g/mol. The summed E-state index contributed by atoms with van der Waals surface area (Å²) in [4.78, 5) is 8.16. The summed E-state index contributed by atoms with van der Waals surface area (Å²) in [6.07, 6.45) is 2.86. The van der Waals surface area contributed by atoms with Gasteiger partial charge in [0.05, 0.1) is 21.2 Å². The first kappa shape index (κ1) is 21.9. The van der Waals surface area contributed by atoms with Crippen molar-refractivity contribution < 1.29 is 25.9 Å². The van der Waals surface area contributed by atoms with E-state index in [2.05, 4.69) is 9.98 Å². The molecule has 0 aliphatic heterocycles. The van der Waals surface area contributed by atoms with E-state index in [1.165, 1.54) is 36.7 Å². The van der Waals surface area contributed by atoms with Crippen molar-refractivity contribution in [2.45, 2.75) is 37.5 Å². The molecule has 2 rings (SSSR count). The lowest BCUT2D eigenvalue weighted by Gasteiger charge is -2.07. The van der Waals surface area contributed by atoms with Crippen molar-refractivity contribution in [3.8, 4) is 0 Å². The normalized spacial score (nSPS) is 12.9. The minimum Gasteiger partial charge on any atom is -0.282 e. The van der Waals surface area contributed by atoms with Gasteiger partial charge in [0, 0.05) is 12.4 Å². The SMILES string of the molecule is Cc1cc(S(=O)(=O)O)cc(C)c1N=CC=Nc1c(C)cc(S(=O)(=O)O)cc1C. The molecule has 0 aliphatic rings. The van der Waals surface area contributed by atoms with Gasteiger partial charge in [-0.25, -0.2) is 0 Å². The third-order valence-electron chi connectivity index (χ3n) is 4.00. The third-order valence-corrected chi connectivity index (χ3v) is 5.66.